The summed E-state index contributed by atoms with van der Waals surface area (Å²) in [5, 5.41) is 13.0. The van der Waals surface area contributed by atoms with Gasteiger partial charge in [-0.3, -0.25) is 14.4 Å². The molecule has 2 atom stereocenters. The lowest BCUT2D eigenvalue weighted by Gasteiger charge is -2.44. The molecule has 2 aromatic rings. The van der Waals surface area contributed by atoms with Crippen molar-refractivity contribution in [2.75, 3.05) is 13.2 Å². The van der Waals surface area contributed by atoms with Crippen LogP contribution in [0.3, 0.4) is 0 Å². The van der Waals surface area contributed by atoms with Crippen molar-refractivity contribution >= 4 is 23.4 Å². The summed E-state index contributed by atoms with van der Waals surface area (Å²) in [6, 6.07) is 4.14. The average molecular weight is 448 g/mol. The van der Waals surface area contributed by atoms with Crippen molar-refractivity contribution in [3.8, 4) is 5.75 Å². The molecule has 31 heavy (non-hydrogen) atoms. The van der Waals surface area contributed by atoms with E-state index in [0.29, 0.717) is 38.1 Å². The molecule has 2 amide bonds. The molecule has 1 unspecified atom stereocenters. The van der Waals surface area contributed by atoms with Crippen molar-refractivity contribution in [2.24, 2.45) is 0 Å². The van der Waals surface area contributed by atoms with E-state index in [0.717, 1.165) is 0 Å². The van der Waals surface area contributed by atoms with E-state index in [-0.39, 0.29) is 34.4 Å². The number of carbonyl (C=O) groups is 2. The van der Waals surface area contributed by atoms with Crippen molar-refractivity contribution in [2.45, 2.75) is 38.1 Å². The molecule has 0 saturated carbocycles. The van der Waals surface area contributed by atoms with Crippen LogP contribution in [-0.4, -0.2) is 45.8 Å². The molecule has 1 aromatic heterocycles. The van der Waals surface area contributed by atoms with Crippen LogP contribution in [0, 0.1) is 5.82 Å². The summed E-state index contributed by atoms with van der Waals surface area (Å²) in [7, 11) is 0. The number of nitrogens with zero attached hydrogens (tertiary/aromatic N) is 2. The standard InChI is InChI=1S/C21H19ClFN3O5/c22-11-4-1-3-10(15(11)23)9-24-19(29)14-12-5-6-13-21-25(7-2-8-31-21)20(30)16(26(12)13)18(28)17(14)27/h1,3-4,13,21,28H,2,5-9H2,(H,24,29)/t13-,21?/m1/s1. The van der Waals surface area contributed by atoms with Gasteiger partial charge in [0.2, 0.25) is 5.43 Å². The summed E-state index contributed by atoms with van der Waals surface area (Å²) < 4.78 is 21.5. The van der Waals surface area contributed by atoms with Crippen molar-refractivity contribution in [1.82, 2.24) is 14.8 Å². The summed E-state index contributed by atoms with van der Waals surface area (Å²) in [5.41, 5.74) is -0.687. The number of fused-ring (bicyclic) bond motifs is 2. The highest BCUT2D eigenvalue weighted by Gasteiger charge is 2.48. The van der Waals surface area contributed by atoms with E-state index in [2.05, 4.69) is 5.32 Å². The number of nitrogens with one attached hydrogen (secondary N) is 1. The monoisotopic (exact) mass is 447 g/mol. The molecule has 2 N–H and O–H groups in total. The second-order valence-corrected chi connectivity index (χ2v) is 8.24. The van der Waals surface area contributed by atoms with Crippen LogP contribution in [0.2, 0.25) is 5.02 Å². The lowest BCUT2D eigenvalue weighted by Crippen LogP contribution is -2.55. The minimum Gasteiger partial charge on any atom is -0.503 e. The van der Waals surface area contributed by atoms with Gasteiger partial charge < -0.3 is 24.6 Å². The van der Waals surface area contributed by atoms with Gasteiger partial charge in [0.05, 0.1) is 17.7 Å². The van der Waals surface area contributed by atoms with E-state index >= 15 is 0 Å². The zero-order valence-electron chi connectivity index (χ0n) is 16.4. The molecule has 162 valence electrons. The lowest BCUT2D eigenvalue weighted by molar-refractivity contribution is -0.109. The third-order valence-electron chi connectivity index (χ3n) is 6.13. The smallest absolute Gasteiger partial charge is 0.276 e. The summed E-state index contributed by atoms with van der Waals surface area (Å²) in [6.45, 7) is 0.811. The molecule has 1 aromatic carbocycles. The van der Waals surface area contributed by atoms with E-state index in [1.54, 1.807) is 15.5 Å². The van der Waals surface area contributed by atoms with Gasteiger partial charge in [-0.2, -0.15) is 0 Å². The largest absolute Gasteiger partial charge is 0.503 e. The predicted octanol–water partition coefficient (Wildman–Crippen LogP) is 1.97. The molecule has 1 fully saturated rings. The van der Waals surface area contributed by atoms with Gasteiger partial charge in [-0.25, -0.2) is 4.39 Å². The van der Waals surface area contributed by atoms with E-state index in [4.69, 9.17) is 16.3 Å². The molecule has 10 heteroatoms. The maximum absolute atomic E-state index is 14.1. The molecule has 0 bridgehead atoms. The third-order valence-corrected chi connectivity index (χ3v) is 6.42. The number of hydrogen-bond donors (Lipinski definition) is 2. The first kappa shape index (κ1) is 20.0. The normalized spacial score (nSPS) is 21.6. The van der Waals surface area contributed by atoms with Crippen molar-refractivity contribution < 1.29 is 23.8 Å². The fourth-order valence-electron chi connectivity index (χ4n) is 4.74. The van der Waals surface area contributed by atoms with Crippen molar-refractivity contribution in [3.63, 3.8) is 0 Å². The van der Waals surface area contributed by atoms with E-state index in [9.17, 15) is 23.9 Å². The number of amides is 2. The van der Waals surface area contributed by atoms with Gasteiger partial charge in [0.15, 0.2) is 17.7 Å². The molecule has 0 spiro atoms. The van der Waals surface area contributed by atoms with Crippen LogP contribution in [0.1, 0.15) is 51.0 Å². The highest BCUT2D eigenvalue weighted by Crippen LogP contribution is 2.41. The van der Waals surface area contributed by atoms with Crippen LogP contribution in [0.15, 0.2) is 23.0 Å². The topological polar surface area (TPSA) is 101 Å². The highest BCUT2D eigenvalue weighted by atomic mass is 35.5. The minimum atomic E-state index is -0.907. The fraction of sp³-hybridized carbons (Fsp3) is 0.381. The Morgan fingerprint density at radius 1 is 1.35 bits per heavy atom. The van der Waals surface area contributed by atoms with Gasteiger partial charge in [-0.1, -0.05) is 23.7 Å². The quantitative estimate of drug-likeness (QED) is 0.749. The number of carbonyl (C=O) groups excluding carboxylic acids is 2. The van der Waals surface area contributed by atoms with E-state index < -0.39 is 35.0 Å². The maximum atomic E-state index is 14.1. The Labute approximate surface area is 181 Å². The Morgan fingerprint density at radius 3 is 2.97 bits per heavy atom. The van der Waals surface area contributed by atoms with Crippen LogP contribution >= 0.6 is 11.6 Å². The number of aromatic nitrogens is 1. The SMILES string of the molecule is O=C(NCc1cccc(Cl)c1F)c1c2n3c(c(O)c1=O)C(=O)N1CCCOC1[C@H]3CC2. The highest BCUT2D eigenvalue weighted by molar-refractivity contribution is 6.30. The predicted molar refractivity (Wildman–Crippen MR) is 108 cm³/mol. The van der Waals surface area contributed by atoms with Gasteiger partial charge in [0.1, 0.15) is 11.4 Å². The van der Waals surface area contributed by atoms with Crippen molar-refractivity contribution in [3.05, 3.63) is 61.8 Å². The molecule has 3 aliphatic rings. The molecule has 1 saturated heterocycles. The number of hydrogen-bond acceptors (Lipinski definition) is 5. The Kier molecular flexibility index (Phi) is 4.75. The summed E-state index contributed by atoms with van der Waals surface area (Å²) in [6.07, 6.45) is 1.12. The van der Waals surface area contributed by atoms with Gasteiger partial charge in [0.25, 0.3) is 11.8 Å². The second kappa shape index (κ2) is 7.35. The number of halogens is 2. The van der Waals surface area contributed by atoms with Crippen molar-refractivity contribution in [1.29, 1.82) is 0 Å². The Balaban J connectivity index is 1.54. The molecular formula is C21H19ClFN3O5. The summed E-state index contributed by atoms with van der Waals surface area (Å²) >= 11 is 5.77. The Morgan fingerprint density at radius 2 is 2.16 bits per heavy atom. The summed E-state index contributed by atoms with van der Waals surface area (Å²) in [5.74, 6) is -2.63. The number of aromatic hydroxyl groups is 1. The molecule has 5 rings (SSSR count). The number of pyridine rings is 1. The van der Waals surface area contributed by atoms with Gasteiger partial charge in [-0.15, -0.1) is 0 Å². The van der Waals surface area contributed by atoms with Crippen LogP contribution in [0.4, 0.5) is 4.39 Å². The molecule has 0 aliphatic carbocycles. The molecule has 0 radical (unpaired) electrons. The average Bonchev–Trinajstić information content (AvgIpc) is 3.19. The molecule has 8 nitrogen and oxygen atoms in total. The van der Waals surface area contributed by atoms with Crippen LogP contribution in [0.5, 0.6) is 5.75 Å². The maximum Gasteiger partial charge on any atom is 0.276 e. The Bertz CT molecular complexity index is 1180. The number of rotatable bonds is 3. The second-order valence-electron chi connectivity index (χ2n) is 7.83. The zero-order valence-corrected chi connectivity index (χ0v) is 17.1. The van der Waals surface area contributed by atoms with Crippen LogP contribution in [-0.2, 0) is 17.7 Å². The van der Waals surface area contributed by atoms with Gasteiger partial charge >= 0.3 is 0 Å². The zero-order chi connectivity index (χ0) is 21.9. The number of benzene rings is 1. The number of ether oxygens (including phenoxy) is 1. The molecule has 4 heterocycles. The Hall–Kier alpha value is -2.91. The summed E-state index contributed by atoms with van der Waals surface area (Å²) in [4.78, 5) is 40.3. The first-order valence-corrected chi connectivity index (χ1v) is 10.4. The fourth-order valence-corrected chi connectivity index (χ4v) is 4.93. The van der Waals surface area contributed by atoms with E-state index in [1.807, 2.05) is 0 Å². The lowest BCUT2D eigenvalue weighted by atomic mass is 10.1. The first-order valence-electron chi connectivity index (χ1n) is 10.0. The molecular weight excluding hydrogens is 429 g/mol. The van der Waals surface area contributed by atoms with Gasteiger partial charge in [-0.05, 0) is 25.3 Å². The molecule has 3 aliphatic heterocycles. The van der Waals surface area contributed by atoms with Crippen LogP contribution in [0.25, 0.3) is 0 Å². The van der Waals surface area contributed by atoms with Crippen LogP contribution < -0.4 is 10.7 Å². The van der Waals surface area contributed by atoms with Gasteiger partial charge in [0, 0.05) is 24.3 Å². The third kappa shape index (κ3) is 2.95. The minimum absolute atomic E-state index is 0.0739. The van der Waals surface area contributed by atoms with E-state index in [1.165, 1.54) is 12.1 Å². The first-order chi connectivity index (χ1) is 14.9.